The molecule has 1 atom stereocenters. The number of nitrogens with one attached hydrogen (secondary N) is 1. The molecule has 4 aromatic rings. The molecule has 0 bridgehead atoms. The van der Waals surface area contributed by atoms with Crippen molar-refractivity contribution in [2.45, 2.75) is 38.0 Å². The second-order valence-electron chi connectivity index (χ2n) is 11.6. The number of benzene rings is 3. The van der Waals surface area contributed by atoms with Crippen molar-refractivity contribution in [3.8, 4) is 22.9 Å². The molecule has 0 spiro atoms. The molecule has 2 amide bonds. The van der Waals surface area contributed by atoms with Gasteiger partial charge in [0.05, 0.1) is 43.7 Å². The van der Waals surface area contributed by atoms with Gasteiger partial charge in [-0.1, -0.05) is 39.0 Å². The molecule has 1 aliphatic rings. The van der Waals surface area contributed by atoms with Crippen LogP contribution in [0.1, 0.15) is 48.4 Å². The number of halogens is 1. The van der Waals surface area contributed by atoms with Crippen LogP contribution in [0.15, 0.2) is 66.7 Å². The first-order valence-electron chi connectivity index (χ1n) is 14.5. The molecule has 2 heterocycles. The number of nitrogens with zero attached hydrogens (tertiary/aromatic N) is 3. The van der Waals surface area contributed by atoms with E-state index in [1.165, 1.54) is 28.8 Å². The lowest BCUT2D eigenvalue weighted by Crippen LogP contribution is -2.42. The van der Waals surface area contributed by atoms with Crippen molar-refractivity contribution in [2.75, 3.05) is 38.5 Å². The maximum absolute atomic E-state index is 13.9. The van der Waals surface area contributed by atoms with Gasteiger partial charge in [-0.3, -0.25) is 14.5 Å². The summed E-state index contributed by atoms with van der Waals surface area (Å²) in [6.45, 7) is 6.21. The van der Waals surface area contributed by atoms with Crippen LogP contribution in [-0.2, 0) is 21.5 Å². The predicted octanol–water partition coefficient (Wildman–Crippen LogP) is 5.82. The predicted molar refractivity (Wildman–Crippen MR) is 173 cm³/mol. The van der Waals surface area contributed by atoms with Crippen LogP contribution in [0.4, 0.5) is 10.2 Å². The van der Waals surface area contributed by atoms with Crippen molar-refractivity contribution in [3.63, 3.8) is 0 Å². The van der Waals surface area contributed by atoms with Gasteiger partial charge in [-0.25, -0.2) is 9.07 Å². The number of amides is 2. The smallest absolute Gasteiger partial charge is 0.240 e. The Morgan fingerprint density at radius 3 is 2.29 bits per heavy atom. The first-order chi connectivity index (χ1) is 21.5. The lowest BCUT2D eigenvalue weighted by atomic mass is 9.87. The van der Waals surface area contributed by atoms with E-state index in [0.29, 0.717) is 28.8 Å². The highest BCUT2D eigenvalue weighted by atomic mass is 32.2. The summed E-state index contributed by atoms with van der Waals surface area (Å²) in [5.41, 5.74) is 3.59. The summed E-state index contributed by atoms with van der Waals surface area (Å²) in [6, 6.07) is 19.1. The van der Waals surface area contributed by atoms with E-state index < -0.39 is 5.41 Å². The molecule has 0 saturated carbocycles. The van der Waals surface area contributed by atoms with Gasteiger partial charge >= 0.3 is 0 Å². The molecule has 0 aliphatic carbocycles. The molecule has 1 aliphatic heterocycles. The molecular formula is C34H37FN4O5S. The quantitative estimate of drug-likeness (QED) is 0.249. The third-order valence-corrected chi connectivity index (χ3v) is 8.79. The Morgan fingerprint density at radius 2 is 1.67 bits per heavy atom. The van der Waals surface area contributed by atoms with Crippen LogP contribution < -0.4 is 24.4 Å². The number of carbonyl (C=O) groups is 2. The number of methoxy groups -OCH3 is 3. The van der Waals surface area contributed by atoms with Crippen molar-refractivity contribution in [2.24, 2.45) is 0 Å². The summed E-state index contributed by atoms with van der Waals surface area (Å²) in [7, 11) is 4.78. The van der Waals surface area contributed by atoms with E-state index in [4.69, 9.17) is 19.3 Å². The van der Waals surface area contributed by atoms with E-state index in [1.54, 1.807) is 38.1 Å². The Balaban J connectivity index is 1.65. The highest BCUT2D eigenvalue weighted by Crippen LogP contribution is 2.49. The van der Waals surface area contributed by atoms with Crippen LogP contribution in [0.2, 0.25) is 0 Å². The fraction of sp³-hybridized carbons (Fsp3) is 0.324. The molecule has 0 saturated heterocycles. The number of aromatic nitrogens is 2. The molecule has 9 nitrogen and oxygen atoms in total. The van der Waals surface area contributed by atoms with Crippen molar-refractivity contribution >= 4 is 29.4 Å². The van der Waals surface area contributed by atoms with Crippen LogP contribution in [0.5, 0.6) is 17.2 Å². The van der Waals surface area contributed by atoms with E-state index >= 15 is 0 Å². The van der Waals surface area contributed by atoms with Crippen molar-refractivity contribution in [1.82, 2.24) is 15.1 Å². The Bertz CT molecular complexity index is 1680. The van der Waals surface area contributed by atoms with E-state index in [-0.39, 0.29) is 41.7 Å². The standard InChI is InChI=1S/C34H37FN4O5S/c1-34(2,3)32-30-31(22-9-16-26(43-5)27(17-22)44-6)45-20-29(41)38(19-28(40)36-18-21-7-10-23(35)11-8-21)33(30)39(37-32)24-12-14-25(42-4)15-13-24/h7-17,31H,18-20H2,1-6H3,(H,36,40). The van der Waals surface area contributed by atoms with Crippen LogP contribution in [0.25, 0.3) is 5.69 Å². The first kappa shape index (κ1) is 31.9. The maximum atomic E-state index is 13.9. The number of hydrogen-bond donors (Lipinski definition) is 1. The summed E-state index contributed by atoms with van der Waals surface area (Å²) in [4.78, 5) is 28.9. The highest BCUT2D eigenvalue weighted by Gasteiger charge is 2.40. The summed E-state index contributed by atoms with van der Waals surface area (Å²) in [5.74, 6) is 1.58. The van der Waals surface area contributed by atoms with Gasteiger partial charge in [-0.15, -0.1) is 11.8 Å². The molecule has 1 aromatic heterocycles. The largest absolute Gasteiger partial charge is 0.497 e. The normalized spacial score (nSPS) is 14.9. The molecule has 5 rings (SSSR count). The fourth-order valence-electron chi connectivity index (χ4n) is 5.26. The minimum atomic E-state index is -0.416. The third kappa shape index (κ3) is 6.78. The number of hydrogen-bond acceptors (Lipinski definition) is 7. The van der Waals surface area contributed by atoms with Crippen LogP contribution >= 0.6 is 11.8 Å². The zero-order valence-electron chi connectivity index (χ0n) is 26.2. The number of rotatable bonds is 9. The SMILES string of the molecule is COc1ccc(-n2nc(C(C)(C)C)c3c2N(CC(=O)NCc2ccc(F)cc2)C(=O)CSC3c2ccc(OC)c(OC)c2)cc1. The lowest BCUT2D eigenvalue weighted by Gasteiger charge is -2.25. The van der Waals surface area contributed by atoms with Gasteiger partial charge in [-0.2, -0.15) is 5.10 Å². The van der Waals surface area contributed by atoms with Crippen LogP contribution in [0, 0.1) is 5.82 Å². The molecule has 3 aromatic carbocycles. The number of thioether (sulfide) groups is 1. The van der Waals surface area contributed by atoms with E-state index in [1.807, 2.05) is 42.5 Å². The van der Waals surface area contributed by atoms with Crippen LogP contribution in [0.3, 0.4) is 0 Å². The Kier molecular flexibility index (Phi) is 9.38. The molecule has 11 heteroatoms. The van der Waals surface area contributed by atoms with Gasteiger partial charge in [0.15, 0.2) is 11.5 Å². The van der Waals surface area contributed by atoms with Crippen molar-refractivity contribution < 1.29 is 28.2 Å². The molecule has 236 valence electrons. The maximum Gasteiger partial charge on any atom is 0.240 e. The zero-order valence-corrected chi connectivity index (χ0v) is 27.0. The minimum Gasteiger partial charge on any atom is -0.497 e. The average molecular weight is 633 g/mol. The average Bonchev–Trinajstić information content (AvgIpc) is 3.38. The fourth-order valence-corrected chi connectivity index (χ4v) is 6.45. The topological polar surface area (TPSA) is 94.9 Å². The van der Waals surface area contributed by atoms with Crippen molar-refractivity contribution in [3.05, 3.63) is 94.9 Å². The first-order valence-corrected chi connectivity index (χ1v) is 15.5. The van der Waals surface area contributed by atoms with E-state index in [9.17, 15) is 14.0 Å². The molecule has 1 N–H and O–H groups in total. The molecule has 0 fully saturated rings. The summed E-state index contributed by atoms with van der Waals surface area (Å²) < 4.78 is 31.6. The van der Waals surface area contributed by atoms with E-state index in [0.717, 1.165) is 22.4 Å². The second-order valence-corrected chi connectivity index (χ2v) is 12.7. The number of carbonyl (C=O) groups excluding carboxylic acids is 2. The number of ether oxygens (including phenoxy) is 3. The summed E-state index contributed by atoms with van der Waals surface area (Å²) >= 11 is 1.48. The molecule has 45 heavy (non-hydrogen) atoms. The van der Waals surface area contributed by atoms with Crippen LogP contribution in [-0.4, -0.2) is 55.2 Å². The number of fused-ring (bicyclic) bond motifs is 1. The van der Waals surface area contributed by atoms with Gasteiger partial charge in [0.25, 0.3) is 0 Å². The molecule has 0 radical (unpaired) electrons. The van der Waals surface area contributed by atoms with Gasteiger partial charge in [0.1, 0.15) is 23.9 Å². The zero-order chi connectivity index (χ0) is 32.3. The third-order valence-electron chi connectivity index (χ3n) is 7.53. The second kappa shape index (κ2) is 13.2. The van der Waals surface area contributed by atoms with Gasteiger partial charge in [0, 0.05) is 17.5 Å². The van der Waals surface area contributed by atoms with Gasteiger partial charge in [0.2, 0.25) is 11.8 Å². The highest BCUT2D eigenvalue weighted by molar-refractivity contribution is 8.00. The number of anilines is 1. The van der Waals surface area contributed by atoms with Crippen molar-refractivity contribution in [1.29, 1.82) is 0 Å². The minimum absolute atomic E-state index is 0.130. The van der Waals surface area contributed by atoms with Gasteiger partial charge in [-0.05, 0) is 59.7 Å². The van der Waals surface area contributed by atoms with Gasteiger partial charge < -0.3 is 19.5 Å². The lowest BCUT2D eigenvalue weighted by molar-refractivity contribution is -0.123. The summed E-state index contributed by atoms with van der Waals surface area (Å²) in [6.07, 6.45) is 0. The Morgan fingerprint density at radius 1 is 0.978 bits per heavy atom. The molecular weight excluding hydrogens is 595 g/mol. The monoisotopic (exact) mass is 632 g/mol. The van der Waals surface area contributed by atoms with E-state index in [2.05, 4.69) is 26.1 Å². The Hall–Kier alpha value is -4.51. The molecule has 1 unspecified atom stereocenters. The Labute approximate surface area is 266 Å². The summed E-state index contributed by atoms with van der Waals surface area (Å²) in [5, 5.41) is 7.69.